The quantitative estimate of drug-likeness (QED) is 0.624. The SMILES string of the molecule is CC(C)CCCc1ccccc1OCCCN(C)C. The smallest absolute Gasteiger partial charge is 0.122 e. The van der Waals surface area contributed by atoms with E-state index in [1.807, 2.05) is 0 Å². The first-order valence-electron chi connectivity index (χ1n) is 7.45. The van der Waals surface area contributed by atoms with Gasteiger partial charge in [0.1, 0.15) is 5.75 Å². The second-order valence-electron chi connectivity index (χ2n) is 5.90. The average Bonchev–Trinajstić information content (AvgIpc) is 2.35. The first-order valence-corrected chi connectivity index (χ1v) is 7.45. The molecule has 0 fully saturated rings. The van der Waals surface area contributed by atoms with Crippen LogP contribution in [0.25, 0.3) is 0 Å². The van der Waals surface area contributed by atoms with Crippen LogP contribution in [-0.4, -0.2) is 32.1 Å². The maximum Gasteiger partial charge on any atom is 0.122 e. The minimum atomic E-state index is 0.785. The van der Waals surface area contributed by atoms with Crippen LogP contribution >= 0.6 is 0 Å². The maximum atomic E-state index is 5.92. The fourth-order valence-corrected chi connectivity index (χ4v) is 2.11. The summed E-state index contributed by atoms with van der Waals surface area (Å²) in [4.78, 5) is 2.19. The highest BCUT2D eigenvalue weighted by atomic mass is 16.5. The Morgan fingerprint density at radius 3 is 2.53 bits per heavy atom. The van der Waals surface area contributed by atoms with Gasteiger partial charge in [0.15, 0.2) is 0 Å². The number of rotatable bonds is 9. The van der Waals surface area contributed by atoms with Gasteiger partial charge in [-0.3, -0.25) is 0 Å². The Kier molecular flexibility index (Phi) is 7.57. The molecule has 0 atom stereocenters. The van der Waals surface area contributed by atoms with Gasteiger partial charge in [-0.15, -0.1) is 0 Å². The van der Waals surface area contributed by atoms with E-state index in [1.54, 1.807) is 0 Å². The summed E-state index contributed by atoms with van der Waals surface area (Å²) in [5.41, 5.74) is 1.35. The van der Waals surface area contributed by atoms with Crippen molar-refractivity contribution in [2.24, 2.45) is 5.92 Å². The molecule has 108 valence electrons. The number of ether oxygens (including phenoxy) is 1. The lowest BCUT2D eigenvalue weighted by atomic mass is 10.0. The van der Waals surface area contributed by atoms with Gasteiger partial charge in [-0.2, -0.15) is 0 Å². The van der Waals surface area contributed by atoms with Crippen LogP contribution < -0.4 is 4.74 Å². The van der Waals surface area contributed by atoms with Crippen molar-refractivity contribution < 1.29 is 4.74 Å². The van der Waals surface area contributed by atoms with Crippen molar-refractivity contribution >= 4 is 0 Å². The van der Waals surface area contributed by atoms with Gasteiger partial charge in [0, 0.05) is 6.54 Å². The summed E-state index contributed by atoms with van der Waals surface area (Å²) in [5, 5.41) is 0. The molecule has 0 N–H and O–H groups in total. The van der Waals surface area contributed by atoms with Crippen molar-refractivity contribution in [2.75, 3.05) is 27.2 Å². The van der Waals surface area contributed by atoms with Crippen molar-refractivity contribution in [2.45, 2.75) is 39.5 Å². The normalized spacial score (nSPS) is 11.3. The third-order valence-electron chi connectivity index (χ3n) is 3.21. The monoisotopic (exact) mass is 263 g/mol. The minimum Gasteiger partial charge on any atom is -0.493 e. The number of nitrogens with zero attached hydrogens (tertiary/aromatic N) is 1. The fraction of sp³-hybridized carbons (Fsp3) is 0.647. The number of para-hydroxylation sites is 1. The zero-order valence-electron chi connectivity index (χ0n) is 13.0. The Labute approximate surface area is 118 Å². The highest BCUT2D eigenvalue weighted by Crippen LogP contribution is 2.21. The van der Waals surface area contributed by atoms with Crippen molar-refractivity contribution in [1.82, 2.24) is 4.90 Å². The highest BCUT2D eigenvalue weighted by molar-refractivity contribution is 5.33. The first kappa shape index (κ1) is 16.0. The zero-order valence-corrected chi connectivity index (χ0v) is 13.0. The summed E-state index contributed by atoms with van der Waals surface area (Å²) in [6.07, 6.45) is 4.74. The van der Waals surface area contributed by atoms with Gasteiger partial charge in [-0.05, 0) is 50.9 Å². The molecular formula is C17H29NO. The summed E-state index contributed by atoms with van der Waals surface area (Å²) in [6, 6.07) is 8.46. The molecule has 0 aromatic heterocycles. The number of hydrogen-bond acceptors (Lipinski definition) is 2. The van der Waals surface area contributed by atoms with E-state index in [2.05, 4.69) is 57.1 Å². The standard InChI is InChI=1S/C17H29NO/c1-15(2)9-7-11-16-10-5-6-12-17(16)19-14-8-13-18(3)4/h5-6,10,12,15H,7-9,11,13-14H2,1-4H3. The number of benzene rings is 1. The second kappa shape index (κ2) is 8.98. The van der Waals surface area contributed by atoms with Crippen molar-refractivity contribution in [3.05, 3.63) is 29.8 Å². The molecule has 2 heteroatoms. The van der Waals surface area contributed by atoms with E-state index >= 15 is 0 Å². The summed E-state index contributed by atoms with van der Waals surface area (Å²) in [5.74, 6) is 1.86. The Morgan fingerprint density at radius 2 is 1.84 bits per heavy atom. The molecule has 19 heavy (non-hydrogen) atoms. The van der Waals surface area contributed by atoms with Gasteiger partial charge in [0.05, 0.1) is 6.61 Å². The van der Waals surface area contributed by atoms with Crippen LogP contribution in [0.3, 0.4) is 0 Å². The molecule has 0 spiro atoms. The van der Waals surface area contributed by atoms with Crippen LogP contribution in [0.15, 0.2) is 24.3 Å². The predicted octanol–water partition coefficient (Wildman–Crippen LogP) is 4.00. The Bertz CT molecular complexity index is 347. The van der Waals surface area contributed by atoms with Crippen LogP contribution in [0.2, 0.25) is 0 Å². The van der Waals surface area contributed by atoms with E-state index in [1.165, 1.54) is 18.4 Å². The summed E-state index contributed by atoms with van der Waals surface area (Å²) < 4.78 is 5.92. The molecule has 0 heterocycles. The van der Waals surface area contributed by atoms with Gasteiger partial charge in [-0.1, -0.05) is 38.5 Å². The van der Waals surface area contributed by atoms with Gasteiger partial charge in [-0.25, -0.2) is 0 Å². The van der Waals surface area contributed by atoms with E-state index in [0.717, 1.165) is 37.7 Å². The molecule has 0 saturated carbocycles. The molecule has 1 aromatic rings. The van der Waals surface area contributed by atoms with Gasteiger partial charge in [0.25, 0.3) is 0 Å². The average molecular weight is 263 g/mol. The van der Waals surface area contributed by atoms with Crippen LogP contribution in [0, 0.1) is 5.92 Å². The summed E-state index contributed by atoms with van der Waals surface area (Å²) in [7, 11) is 4.19. The summed E-state index contributed by atoms with van der Waals surface area (Å²) in [6.45, 7) is 6.45. The number of aryl methyl sites for hydroxylation is 1. The molecule has 0 saturated heterocycles. The van der Waals surface area contributed by atoms with Gasteiger partial charge in [0.2, 0.25) is 0 Å². The lowest BCUT2D eigenvalue weighted by Gasteiger charge is -2.13. The molecule has 1 rings (SSSR count). The predicted molar refractivity (Wildman–Crippen MR) is 82.9 cm³/mol. The van der Waals surface area contributed by atoms with Crippen molar-refractivity contribution in [3.63, 3.8) is 0 Å². The number of hydrogen-bond donors (Lipinski definition) is 0. The third-order valence-corrected chi connectivity index (χ3v) is 3.21. The third kappa shape index (κ3) is 7.22. The lowest BCUT2D eigenvalue weighted by Crippen LogP contribution is -2.15. The molecule has 0 aliphatic carbocycles. The fourth-order valence-electron chi connectivity index (χ4n) is 2.11. The highest BCUT2D eigenvalue weighted by Gasteiger charge is 2.03. The summed E-state index contributed by atoms with van der Waals surface area (Å²) >= 11 is 0. The molecule has 0 aliphatic rings. The van der Waals surface area contributed by atoms with E-state index in [-0.39, 0.29) is 0 Å². The van der Waals surface area contributed by atoms with E-state index in [9.17, 15) is 0 Å². The molecule has 0 radical (unpaired) electrons. The maximum absolute atomic E-state index is 5.92. The zero-order chi connectivity index (χ0) is 14.1. The minimum absolute atomic E-state index is 0.785. The Morgan fingerprint density at radius 1 is 1.11 bits per heavy atom. The van der Waals surface area contributed by atoms with Crippen LogP contribution in [0.5, 0.6) is 5.75 Å². The molecule has 0 bridgehead atoms. The lowest BCUT2D eigenvalue weighted by molar-refractivity contribution is 0.279. The van der Waals surface area contributed by atoms with Crippen LogP contribution in [-0.2, 0) is 6.42 Å². The van der Waals surface area contributed by atoms with Crippen molar-refractivity contribution in [1.29, 1.82) is 0 Å². The Hall–Kier alpha value is -1.02. The molecular weight excluding hydrogens is 234 g/mol. The molecule has 2 nitrogen and oxygen atoms in total. The topological polar surface area (TPSA) is 12.5 Å². The molecule has 0 unspecified atom stereocenters. The Balaban J connectivity index is 2.39. The molecule has 0 amide bonds. The molecule has 0 aliphatic heterocycles. The first-order chi connectivity index (χ1) is 9.09. The van der Waals surface area contributed by atoms with Gasteiger partial charge < -0.3 is 9.64 Å². The van der Waals surface area contributed by atoms with Crippen LogP contribution in [0.4, 0.5) is 0 Å². The van der Waals surface area contributed by atoms with E-state index < -0.39 is 0 Å². The van der Waals surface area contributed by atoms with Crippen molar-refractivity contribution in [3.8, 4) is 5.75 Å². The van der Waals surface area contributed by atoms with Gasteiger partial charge >= 0.3 is 0 Å². The van der Waals surface area contributed by atoms with E-state index in [0.29, 0.717) is 0 Å². The van der Waals surface area contributed by atoms with E-state index in [4.69, 9.17) is 4.74 Å². The second-order valence-corrected chi connectivity index (χ2v) is 5.90. The largest absolute Gasteiger partial charge is 0.493 e. The van der Waals surface area contributed by atoms with Crippen LogP contribution in [0.1, 0.15) is 38.7 Å². The molecule has 1 aromatic carbocycles.